The van der Waals surface area contributed by atoms with E-state index in [9.17, 15) is 9.90 Å². The molecule has 0 aliphatic carbocycles. The molecule has 3 aromatic rings. The van der Waals surface area contributed by atoms with Crippen LogP contribution in [-0.2, 0) is 6.54 Å². The van der Waals surface area contributed by atoms with Crippen LogP contribution in [0.1, 0.15) is 23.7 Å². The monoisotopic (exact) mass is 341 g/mol. The van der Waals surface area contributed by atoms with Crippen molar-refractivity contribution in [2.45, 2.75) is 25.0 Å². The van der Waals surface area contributed by atoms with E-state index in [1.807, 2.05) is 29.6 Å². The van der Waals surface area contributed by atoms with E-state index in [2.05, 4.69) is 27.0 Å². The van der Waals surface area contributed by atoms with E-state index in [4.69, 9.17) is 0 Å². The fraction of sp³-hybridized carbons (Fsp3) is 0.333. The lowest BCUT2D eigenvalue weighted by molar-refractivity contribution is 0.0465. The maximum absolute atomic E-state index is 12.1. The van der Waals surface area contributed by atoms with E-state index in [-0.39, 0.29) is 11.5 Å². The lowest BCUT2D eigenvalue weighted by atomic mass is 9.87. The molecule has 0 saturated carbocycles. The van der Waals surface area contributed by atoms with Crippen molar-refractivity contribution in [3.05, 3.63) is 63.5 Å². The average Bonchev–Trinajstić information content (AvgIpc) is 3.05. The van der Waals surface area contributed by atoms with Crippen LogP contribution in [0, 0.1) is 0 Å². The van der Waals surface area contributed by atoms with Crippen LogP contribution in [0.5, 0.6) is 0 Å². The van der Waals surface area contributed by atoms with Gasteiger partial charge in [-0.1, -0.05) is 30.3 Å². The van der Waals surface area contributed by atoms with Crippen molar-refractivity contribution in [3.8, 4) is 0 Å². The third-order valence-electron chi connectivity index (χ3n) is 4.63. The number of aliphatic hydroxyl groups is 1. The molecule has 5 nitrogen and oxygen atoms in total. The van der Waals surface area contributed by atoms with Gasteiger partial charge in [0.15, 0.2) is 0 Å². The predicted octanol–water partition coefficient (Wildman–Crippen LogP) is 2.33. The van der Waals surface area contributed by atoms with Crippen molar-refractivity contribution < 1.29 is 5.11 Å². The number of likely N-dealkylation sites (tertiary alicyclic amines) is 1. The van der Waals surface area contributed by atoms with Gasteiger partial charge >= 0.3 is 0 Å². The van der Waals surface area contributed by atoms with E-state index in [1.54, 1.807) is 0 Å². The molecule has 2 atom stereocenters. The van der Waals surface area contributed by atoms with Gasteiger partial charge in [-0.2, -0.15) is 0 Å². The molecule has 1 fully saturated rings. The summed E-state index contributed by atoms with van der Waals surface area (Å²) in [5.74, 6) is 0.838. The Morgan fingerprint density at radius 2 is 2.12 bits per heavy atom. The summed E-state index contributed by atoms with van der Waals surface area (Å²) in [6.07, 6.45) is 0.494. The fourth-order valence-electron chi connectivity index (χ4n) is 3.44. The average molecular weight is 341 g/mol. The first kappa shape index (κ1) is 15.5. The normalized spacial score (nSPS) is 22.0. The summed E-state index contributed by atoms with van der Waals surface area (Å²) >= 11 is 1.41. The van der Waals surface area contributed by atoms with E-state index in [1.165, 1.54) is 16.9 Å². The van der Waals surface area contributed by atoms with Crippen LogP contribution < -0.4 is 5.56 Å². The second kappa shape index (κ2) is 6.47. The van der Waals surface area contributed by atoms with Crippen LogP contribution in [0.15, 0.2) is 46.6 Å². The highest BCUT2D eigenvalue weighted by atomic mass is 32.1. The Hall–Kier alpha value is -2.02. The molecule has 0 unspecified atom stereocenters. The molecule has 24 heavy (non-hydrogen) atoms. The zero-order valence-electron chi connectivity index (χ0n) is 13.2. The van der Waals surface area contributed by atoms with Crippen LogP contribution in [0.4, 0.5) is 0 Å². The van der Waals surface area contributed by atoms with Gasteiger partial charge in [0.25, 0.3) is 5.56 Å². The fourth-order valence-corrected chi connectivity index (χ4v) is 4.16. The van der Waals surface area contributed by atoms with Gasteiger partial charge in [0.05, 0.1) is 18.2 Å². The van der Waals surface area contributed by atoms with Crippen molar-refractivity contribution >= 4 is 21.6 Å². The van der Waals surface area contributed by atoms with Crippen molar-refractivity contribution in [3.63, 3.8) is 0 Å². The highest BCUT2D eigenvalue weighted by Gasteiger charge is 2.29. The van der Waals surface area contributed by atoms with Gasteiger partial charge in [0.1, 0.15) is 10.5 Å². The maximum Gasteiger partial charge on any atom is 0.268 e. The third kappa shape index (κ3) is 3.00. The van der Waals surface area contributed by atoms with Crippen LogP contribution in [0.3, 0.4) is 0 Å². The summed E-state index contributed by atoms with van der Waals surface area (Å²) in [7, 11) is 0. The van der Waals surface area contributed by atoms with E-state index in [0.717, 1.165) is 18.5 Å². The smallest absolute Gasteiger partial charge is 0.268 e. The third-order valence-corrected chi connectivity index (χ3v) is 5.53. The molecule has 124 valence electrons. The quantitative estimate of drug-likeness (QED) is 0.767. The van der Waals surface area contributed by atoms with Crippen LogP contribution in [0.2, 0.25) is 0 Å². The van der Waals surface area contributed by atoms with E-state index in [0.29, 0.717) is 23.6 Å². The Kier molecular flexibility index (Phi) is 4.18. The van der Waals surface area contributed by atoms with Crippen molar-refractivity contribution in [2.75, 3.05) is 13.1 Å². The Morgan fingerprint density at radius 1 is 1.29 bits per heavy atom. The summed E-state index contributed by atoms with van der Waals surface area (Å²) in [5, 5.41) is 12.4. The molecule has 1 aliphatic rings. The zero-order chi connectivity index (χ0) is 16.5. The molecule has 6 heteroatoms. The molecule has 3 heterocycles. The lowest BCUT2D eigenvalue weighted by Gasteiger charge is -2.35. The molecular formula is C18H19N3O2S. The molecule has 4 rings (SSSR count). The molecule has 1 aliphatic heterocycles. The molecule has 0 amide bonds. The molecule has 2 N–H and O–H groups in total. The topological polar surface area (TPSA) is 69.2 Å². The number of H-pyrrole nitrogens is 1. The predicted molar refractivity (Wildman–Crippen MR) is 95.3 cm³/mol. The number of hydrogen-bond donors (Lipinski definition) is 2. The number of aliphatic hydroxyl groups excluding tert-OH is 1. The summed E-state index contributed by atoms with van der Waals surface area (Å²) < 4.78 is 0.668. The highest BCUT2D eigenvalue weighted by molar-refractivity contribution is 7.17. The number of fused-ring (bicyclic) bond motifs is 1. The van der Waals surface area contributed by atoms with Crippen molar-refractivity contribution in [2.24, 2.45) is 0 Å². The Bertz CT molecular complexity index is 890. The Labute approximate surface area is 143 Å². The first-order valence-corrected chi connectivity index (χ1v) is 9.00. The number of benzene rings is 1. The Balaban J connectivity index is 1.47. The van der Waals surface area contributed by atoms with E-state index >= 15 is 0 Å². The molecule has 1 saturated heterocycles. The molecule has 0 radical (unpaired) electrons. The van der Waals surface area contributed by atoms with Crippen LogP contribution in [-0.4, -0.2) is 39.2 Å². The Morgan fingerprint density at radius 3 is 2.92 bits per heavy atom. The summed E-state index contributed by atoms with van der Waals surface area (Å²) in [5.41, 5.74) is 1.86. The van der Waals surface area contributed by atoms with Crippen LogP contribution in [0.25, 0.3) is 10.2 Å². The number of aromatic amines is 1. The highest BCUT2D eigenvalue weighted by Crippen LogP contribution is 2.28. The van der Waals surface area contributed by atoms with Crippen molar-refractivity contribution in [1.29, 1.82) is 0 Å². The molecular weight excluding hydrogens is 322 g/mol. The summed E-state index contributed by atoms with van der Waals surface area (Å²) in [4.78, 5) is 21.6. The van der Waals surface area contributed by atoms with Gasteiger partial charge in [-0.05, 0) is 30.0 Å². The number of β-amino-alcohol motifs (C(OH)–C–C–N with tert-alkyl or cyclic N) is 1. The SMILES string of the molecule is O=c1[nH]c(CN2CC[C@H](c3ccccc3)[C@H](O)C2)nc2ccsc12. The van der Waals surface area contributed by atoms with Crippen molar-refractivity contribution in [1.82, 2.24) is 14.9 Å². The minimum atomic E-state index is -0.405. The largest absolute Gasteiger partial charge is 0.391 e. The number of nitrogens with zero attached hydrogens (tertiary/aromatic N) is 2. The molecule has 1 aromatic carbocycles. The minimum Gasteiger partial charge on any atom is -0.391 e. The van der Waals surface area contributed by atoms with Gasteiger partial charge in [-0.3, -0.25) is 9.69 Å². The molecule has 0 bridgehead atoms. The second-order valence-corrected chi connectivity index (χ2v) is 7.17. The first-order valence-electron chi connectivity index (χ1n) is 8.12. The zero-order valence-corrected chi connectivity index (χ0v) is 14.0. The molecule has 2 aromatic heterocycles. The number of hydrogen-bond acceptors (Lipinski definition) is 5. The van der Waals surface area contributed by atoms with Gasteiger partial charge in [0.2, 0.25) is 0 Å². The van der Waals surface area contributed by atoms with Crippen LogP contribution >= 0.6 is 11.3 Å². The van der Waals surface area contributed by atoms with E-state index < -0.39 is 6.10 Å². The first-order chi connectivity index (χ1) is 11.7. The maximum atomic E-state index is 12.1. The number of nitrogens with one attached hydrogen (secondary N) is 1. The molecule has 0 spiro atoms. The number of aromatic nitrogens is 2. The number of piperidine rings is 1. The van der Waals surface area contributed by atoms with Gasteiger partial charge < -0.3 is 10.1 Å². The number of thiophene rings is 1. The second-order valence-electron chi connectivity index (χ2n) is 6.26. The lowest BCUT2D eigenvalue weighted by Crippen LogP contribution is -2.42. The standard InChI is InChI=1S/C18H19N3O2S/c22-15-10-21(8-6-13(15)12-4-2-1-3-5-12)11-16-19-14-7-9-24-17(14)18(23)20-16/h1-5,7,9,13,15,22H,6,8,10-11H2,(H,19,20,23)/t13-,15-/m1/s1. The van der Waals surface area contributed by atoms with Gasteiger partial charge in [-0.15, -0.1) is 11.3 Å². The summed E-state index contributed by atoms with van der Waals surface area (Å²) in [6.45, 7) is 2.02. The summed E-state index contributed by atoms with van der Waals surface area (Å²) in [6, 6.07) is 12.0. The number of rotatable bonds is 3. The minimum absolute atomic E-state index is 0.0790. The van der Waals surface area contributed by atoms with Gasteiger partial charge in [0, 0.05) is 12.5 Å². The van der Waals surface area contributed by atoms with Gasteiger partial charge in [-0.25, -0.2) is 4.98 Å².